The van der Waals surface area contributed by atoms with Crippen LogP contribution in [0, 0.1) is 6.92 Å². The van der Waals surface area contributed by atoms with Crippen molar-refractivity contribution in [2.24, 2.45) is 9.98 Å². The van der Waals surface area contributed by atoms with Crippen LogP contribution in [0.25, 0.3) is 38.5 Å². The molecule has 10 aromatic heterocycles. The maximum absolute atomic E-state index is 4.81. The third kappa shape index (κ3) is 25.1. The molecule has 12 heterocycles. The maximum Gasteiger partial charge on any atom is 0.159 e. The molecule has 0 amide bonds. The van der Waals surface area contributed by atoms with Gasteiger partial charge in [-0.2, -0.15) is 0 Å². The molecule has 10 aromatic rings. The van der Waals surface area contributed by atoms with E-state index in [1.54, 1.807) is 11.3 Å². The van der Waals surface area contributed by atoms with Gasteiger partial charge >= 0.3 is 0 Å². The molecule has 0 saturated heterocycles. The molecule has 1 aliphatic carbocycles. The monoisotopic (exact) mass is 1600 g/mol. The van der Waals surface area contributed by atoms with Crippen LogP contribution in [-0.4, -0.2) is 67.3 Å². The molecule has 3 aliphatic rings. The predicted molar refractivity (Wildman–Crippen MR) is 507 cm³/mol. The number of fused-ring (bicyclic) bond motifs is 6. The molecule has 2 N–H and O–H groups in total. The quantitative estimate of drug-likeness (QED) is 0.150. The summed E-state index contributed by atoms with van der Waals surface area (Å²) < 4.78 is 0. The van der Waals surface area contributed by atoms with Crippen LogP contribution < -0.4 is 0 Å². The molecule has 13 rings (SSSR count). The van der Waals surface area contributed by atoms with Crippen molar-refractivity contribution in [2.75, 3.05) is 0 Å². The van der Waals surface area contributed by atoms with Crippen molar-refractivity contribution < 1.29 is 0 Å². The zero-order valence-electron chi connectivity index (χ0n) is 81.2. The van der Waals surface area contributed by atoms with Gasteiger partial charge in [0.25, 0.3) is 0 Å². The third-order valence-corrected chi connectivity index (χ3v) is 21.8. The molecule has 0 radical (unpaired) electrons. The second kappa shape index (κ2) is 34.3. The first-order chi connectivity index (χ1) is 52.8. The van der Waals surface area contributed by atoms with Crippen LogP contribution in [0.2, 0.25) is 0 Å². The van der Waals surface area contributed by atoms with Crippen molar-refractivity contribution >= 4 is 73.9 Å². The Kier molecular flexibility index (Phi) is 28.2. The van der Waals surface area contributed by atoms with E-state index in [-0.39, 0.29) is 75.8 Å². The highest BCUT2D eigenvalue weighted by Crippen LogP contribution is 2.42. The van der Waals surface area contributed by atoms with Crippen molar-refractivity contribution in [3.63, 3.8) is 0 Å². The number of allylic oxidation sites excluding steroid dienone is 1. The first-order valence-corrected chi connectivity index (χ1v) is 43.6. The van der Waals surface area contributed by atoms with Gasteiger partial charge in [-0.3, -0.25) is 9.97 Å². The molecule has 0 spiro atoms. The number of thiazole rings is 1. The van der Waals surface area contributed by atoms with E-state index in [0.717, 1.165) is 92.5 Å². The topological polar surface area (TPSA) is 172 Å². The van der Waals surface area contributed by atoms with Gasteiger partial charge in [0.05, 0.1) is 16.9 Å². The van der Waals surface area contributed by atoms with Crippen molar-refractivity contribution in [1.29, 1.82) is 0 Å². The van der Waals surface area contributed by atoms with Crippen LogP contribution in [0.4, 0.5) is 11.6 Å². The first-order valence-electron chi connectivity index (χ1n) is 42.7. The normalized spacial score (nSPS) is 14.1. The number of rotatable bonds is 0. The van der Waals surface area contributed by atoms with Gasteiger partial charge in [-0.15, -0.1) is 11.3 Å². The number of hydrogen-bond acceptors (Lipinski definition) is 12. The van der Waals surface area contributed by atoms with Gasteiger partial charge in [0, 0.05) is 143 Å². The highest BCUT2D eigenvalue weighted by Gasteiger charge is 2.34. The summed E-state index contributed by atoms with van der Waals surface area (Å²) in [6, 6.07) is 20.0. The molecule has 13 nitrogen and oxygen atoms in total. The smallest absolute Gasteiger partial charge is 0.159 e. The summed E-state index contributed by atoms with van der Waals surface area (Å²) in [6.07, 6.45) is 15.1. The van der Waals surface area contributed by atoms with Gasteiger partial charge in [-0.1, -0.05) is 297 Å². The zero-order valence-corrected chi connectivity index (χ0v) is 82.0. The lowest BCUT2D eigenvalue weighted by Crippen LogP contribution is -2.23. The summed E-state index contributed by atoms with van der Waals surface area (Å²) in [6.45, 7) is 95.4. The fraction of sp³-hybridized carbons (Fsp3) is 0.583. The number of pyridine rings is 6. The Hall–Kier alpha value is -7.97. The Morgan fingerprint density at radius 1 is 0.316 bits per heavy atom. The lowest BCUT2D eigenvalue weighted by molar-refractivity contribution is 0.511. The molecular weight excluding hydrogens is 1450 g/mol. The maximum atomic E-state index is 4.81. The van der Waals surface area contributed by atoms with Crippen LogP contribution in [0.5, 0.6) is 0 Å². The van der Waals surface area contributed by atoms with Crippen LogP contribution >= 0.6 is 11.3 Å². The summed E-state index contributed by atoms with van der Waals surface area (Å²) >= 11 is 1.63. The Labute approximate surface area is 712 Å². The zero-order chi connectivity index (χ0) is 88.9. The summed E-state index contributed by atoms with van der Waals surface area (Å²) in [5.74, 6) is 2.69. The molecule has 0 aromatic carbocycles. The molecular formula is C103H153N13S. The van der Waals surface area contributed by atoms with Crippen molar-refractivity contribution in [3.8, 4) is 0 Å². The Balaban J connectivity index is 0.000000189. The molecule has 0 unspecified atom stereocenters. The molecule has 2 aliphatic heterocycles. The van der Waals surface area contributed by atoms with Gasteiger partial charge in [0.2, 0.25) is 0 Å². The van der Waals surface area contributed by atoms with E-state index in [4.69, 9.17) is 29.9 Å². The summed E-state index contributed by atoms with van der Waals surface area (Å²) in [4.78, 5) is 58.5. The molecule has 0 fully saturated rings. The standard InChI is InChI=1S/C16H23N.3C15H22N2.C14H21N3.C14H20N2S.C14H23N/c1-15(2,3)12-10-14(16(4,5)6)17-13-9-7-8-11(12)13;3*1-14(2,3)11-9-12(15(4,5)6)17-13-10(11)7-8-16-13;1-13(2,3)10-9-7-8-15-11(9)17-12(16-10)14(4,5)6;1-13(2,3)9-7-10(14(4,5)6)16-12-11(9)15-8-17-12;1-10-8-11(13(2,3)4)9-12(15-10)14(5,6)7/h7,9-10H,8H2,1-6H3;8-9H,7H2,1-6H3;2*7-9H,1-6H3,(H,16,17);8H,7H2,1-6H3;7-8H,1-6H3;8-9H,1-7H3. The fourth-order valence-corrected chi connectivity index (χ4v) is 14.4. The number of H-pyrrole nitrogens is 2. The summed E-state index contributed by atoms with van der Waals surface area (Å²) in [5, 5.41) is 2.48. The summed E-state index contributed by atoms with van der Waals surface area (Å²) in [5.41, 5.74) is 29.1. The molecule has 117 heavy (non-hydrogen) atoms. The van der Waals surface area contributed by atoms with E-state index in [1.807, 2.05) is 30.3 Å². The lowest BCUT2D eigenvalue weighted by atomic mass is 9.80. The van der Waals surface area contributed by atoms with Crippen LogP contribution in [0.15, 0.2) is 88.6 Å². The first kappa shape index (κ1) is 96.2. The molecule has 0 atom stereocenters. The second-order valence-corrected chi connectivity index (χ2v) is 48.0. The van der Waals surface area contributed by atoms with Gasteiger partial charge < -0.3 is 9.97 Å². The number of aromatic amines is 2. The van der Waals surface area contributed by atoms with E-state index < -0.39 is 0 Å². The Morgan fingerprint density at radius 3 is 1.10 bits per heavy atom. The molecule has 0 saturated carbocycles. The number of aliphatic imine (C=N–C) groups is 2. The second-order valence-electron chi connectivity index (χ2n) is 47.1. The minimum atomic E-state index is -0.0346. The van der Waals surface area contributed by atoms with Crippen LogP contribution in [0.3, 0.4) is 0 Å². The number of nitrogens with zero attached hydrogens (tertiary/aromatic N) is 11. The number of aryl methyl sites for hydroxylation is 1. The van der Waals surface area contributed by atoms with Gasteiger partial charge in [-0.25, -0.2) is 44.9 Å². The SMILES string of the molecule is CC(C)(C)c1cc(C(C)(C)C)c2c(n1)C=CC2.CC(C)(C)c1cc(C(C)(C)C)c2c(n1)N=CC2.CC(C)(C)c1cc(C(C)(C)C)c2cc[nH]c2n1.CC(C)(C)c1cc(C(C)(C)C)c2cc[nH]c2n1.CC(C)(C)c1cc(C(C)(C)C)c2ncsc2n1.CC(C)(C)c1nc2c(c(C(C)(C)C)n1)CC=N2.Cc1cc(C(C)(C)C)cc(C(C)(C)C)n1. The predicted octanol–water partition coefficient (Wildman–Crippen LogP) is 28.1. The van der Waals surface area contributed by atoms with Crippen LogP contribution in [0.1, 0.15) is 398 Å². The third-order valence-electron chi connectivity index (χ3n) is 21.1. The van der Waals surface area contributed by atoms with E-state index >= 15 is 0 Å². The minimum absolute atomic E-state index is 0.0346. The van der Waals surface area contributed by atoms with E-state index in [9.17, 15) is 0 Å². The Bertz CT molecular complexity index is 4720. The summed E-state index contributed by atoms with van der Waals surface area (Å²) in [7, 11) is 0. The number of aromatic nitrogens is 11. The average Bonchev–Trinajstić information content (AvgIpc) is 1.05. The minimum Gasteiger partial charge on any atom is -0.346 e. The van der Waals surface area contributed by atoms with Gasteiger partial charge in [-0.05, 0) is 145 Å². The van der Waals surface area contributed by atoms with Crippen molar-refractivity contribution in [1.82, 2.24) is 54.8 Å². The van der Waals surface area contributed by atoms with E-state index in [1.165, 1.54) is 77.9 Å². The lowest BCUT2D eigenvalue weighted by Gasteiger charge is -2.27. The van der Waals surface area contributed by atoms with Crippen molar-refractivity contribution in [2.45, 2.75) is 393 Å². The molecule has 636 valence electrons. The van der Waals surface area contributed by atoms with Gasteiger partial charge in [0.1, 0.15) is 27.5 Å². The average molecular weight is 1610 g/mol. The largest absolute Gasteiger partial charge is 0.346 e. The molecule has 14 heteroatoms. The van der Waals surface area contributed by atoms with E-state index in [0.29, 0.717) is 0 Å². The Morgan fingerprint density at radius 2 is 0.692 bits per heavy atom. The highest BCUT2D eigenvalue weighted by atomic mass is 32.1. The fourth-order valence-electron chi connectivity index (χ4n) is 13.8. The van der Waals surface area contributed by atoms with Gasteiger partial charge in [0.15, 0.2) is 11.6 Å². The van der Waals surface area contributed by atoms with E-state index in [2.05, 4.69) is 399 Å². The molecule has 0 bridgehead atoms. The van der Waals surface area contributed by atoms with Crippen LogP contribution in [-0.2, 0) is 95.1 Å². The number of hydrogen-bond donors (Lipinski definition) is 2. The van der Waals surface area contributed by atoms with Crippen molar-refractivity contribution in [3.05, 3.63) is 186 Å². The number of nitrogens with one attached hydrogen (secondary N) is 2. The highest BCUT2D eigenvalue weighted by molar-refractivity contribution is 7.16.